The van der Waals surface area contributed by atoms with E-state index in [0.29, 0.717) is 17.8 Å². The van der Waals surface area contributed by atoms with Gasteiger partial charge in [-0.2, -0.15) is 15.0 Å². The minimum Gasteiger partial charge on any atom is -0.354 e. The van der Waals surface area contributed by atoms with Gasteiger partial charge in [0.05, 0.1) is 0 Å². The zero-order valence-electron chi connectivity index (χ0n) is 13.5. The third kappa shape index (κ3) is 5.02. The molecule has 2 rings (SSSR count). The van der Waals surface area contributed by atoms with Gasteiger partial charge in [0, 0.05) is 27.2 Å². The maximum absolute atomic E-state index is 4.48. The van der Waals surface area contributed by atoms with Crippen LogP contribution in [0.25, 0.3) is 0 Å². The molecule has 0 amide bonds. The second-order valence-electron chi connectivity index (χ2n) is 5.99. The van der Waals surface area contributed by atoms with E-state index in [1.165, 1.54) is 32.1 Å². The van der Waals surface area contributed by atoms with Gasteiger partial charge in [0.2, 0.25) is 17.8 Å². The van der Waals surface area contributed by atoms with Crippen LogP contribution in [0, 0.1) is 5.92 Å². The van der Waals surface area contributed by atoms with E-state index in [-0.39, 0.29) is 0 Å². The van der Waals surface area contributed by atoms with Crippen LogP contribution in [-0.4, -0.2) is 42.1 Å². The Morgan fingerprint density at radius 2 is 1.67 bits per heavy atom. The molecule has 21 heavy (non-hydrogen) atoms. The van der Waals surface area contributed by atoms with E-state index >= 15 is 0 Å². The summed E-state index contributed by atoms with van der Waals surface area (Å²) in [6.45, 7) is 3.96. The lowest BCUT2D eigenvalue weighted by Gasteiger charge is -2.22. The van der Waals surface area contributed by atoms with Gasteiger partial charge in [0.15, 0.2) is 0 Å². The van der Waals surface area contributed by atoms with Gasteiger partial charge < -0.3 is 15.5 Å². The van der Waals surface area contributed by atoms with E-state index in [1.54, 1.807) is 0 Å². The molecule has 1 aliphatic rings. The first-order valence-electron chi connectivity index (χ1n) is 8.10. The normalized spacial score (nSPS) is 15.8. The van der Waals surface area contributed by atoms with Gasteiger partial charge in [-0.1, -0.05) is 26.2 Å². The number of hydrogen-bond acceptors (Lipinski definition) is 6. The minimum absolute atomic E-state index is 0.654. The van der Waals surface area contributed by atoms with Crippen molar-refractivity contribution in [3.63, 3.8) is 0 Å². The highest BCUT2D eigenvalue weighted by Crippen LogP contribution is 2.23. The van der Waals surface area contributed by atoms with Crippen LogP contribution in [-0.2, 0) is 0 Å². The average molecular weight is 292 g/mol. The van der Waals surface area contributed by atoms with Crippen molar-refractivity contribution < 1.29 is 0 Å². The Morgan fingerprint density at radius 1 is 1.00 bits per heavy atom. The zero-order chi connectivity index (χ0) is 15.1. The molecular weight excluding hydrogens is 264 g/mol. The van der Waals surface area contributed by atoms with Crippen LogP contribution in [0.2, 0.25) is 0 Å². The van der Waals surface area contributed by atoms with E-state index < -0.39 is 0 Å². The van der Waals surface area contributed by atoms with Crippen molar-refractivity contribution in [3.05, 3.63) is 0 Å². The molecule has 0 spiro atoms. The molecule has 0 unspecified atom stereocenters. The summed E-state index contributed by atoms with van der Waals surface area (Å²) < 4.78 is 0. The molecule has 118 valence electrons. The van der Waals surface area contributed by atoms with Gasteiger partial charge in [0.1, 0.15) is 0 Å². The fraction of sp³-hybridized carbons (Fsp3) is 0.800. The number of rotatable bonds is 7. The highest BCUT2D eigenvalue weighted by Gasteiger charge is 2.14. The molecule has 2 N–H and O–H groups in total. The third-order valence-electron chi connectivity index (χ3n) is 3.83. The SMILES string of the molecule is CCCNc1nc(NCC2CCCCC2)nc(N(C)C)n1. The zero-order valence-corrected chi connectivity index (χ0v) is 13.5. The van der Waals surface area contributed by atoms with Crippen molar-refractivity contribution in [2.24, 2.45) is 5.92 Å². The van der Waals surface area contributed by atoms with Crippen LogP contribution in [0.3, 0.4) is 0 Å². The topological polar surface area (TPSA) is 66.0 Å². The van der Waals surface area contributed by atoms with E-state index in [9.17, 15) is 0 Å². The first-order chi connectivity index (χ1) is 10.2. The van der Waals surface area contributed by atoms with Gasteiger partial charge in [-0.05, 0) is 25.2 Å². The van der Waals surface area contributed by atoms with E-state index in [2.05, 4.69) is 32.5 Å². The van der Waals surface area contributed by atoms with Crippen molar-refractivity contribution in [1.29, 1.82) is 0 Å². The molecule has 0 aliphatic heterocycles. The summed E-state index contributed by atoms with van der Waals surface area (Å²) in [5, 5.41) is 6.64. The van der Waals surface area contributed by atoms with E-state index in [0.717, 1.165) is 25.4 Å². The molecule has 0 atom stereocenters. The fourth-order valence-electron chi connectivity index (χ4n) is 2.59. The highest BCUT2D eigenvalue weighted by atomic mass is 15.3. The average Bonchev–Trinajstić information content (AvgIpc) is 2.51. The summed E-state index contributed by atoms with van der Waals surface area (Å²) in [6.07, 6.45) is 7.79. The second kappa shape index (κ2) is 8.00. The molecule has 6 nitrogen and oxygen atoms in total. The Kier molecular flexibility index (Phi) is 6.02. The lowest BCUT2D eigenvalue weighted by Crippen LogP contribution is -2.21. The van der Waals surface area contributed by atoms with Crippen molar-refractivity contribution in [1.82, 2.24) is 15.0 Å². The number of nitrogens with one attached hydrogen (secondary N) is 2. The fourth-order valence-corrected chi connectivity index (χ4v) is 2.59. The van der Waals surface area contributed by atoms with Gasteiger partial charge >= 0.3 is 0 Å². The monoisotopic (exact) mass is 292 g/mol. The van der Waals surface area contributed by atoms with Crippen molar-refractivity contribution >= 4 is 17.8 Å². The van der Waals surface area contributed by atoms with Gasteiger partial charge in [-0.15, -0.1) is 0 Å². The van der Waals surface area contributed by atoms with E-state index in [4.69, 9.17) is 0 Å². The Labute approximate surface area is 127 Å². The molecular formula is C15H28N6. The van der Waals surface area contributed by atoms with Crippen LogP contribution in [0.5, 0.6) is 0 Å². The molecule has 1 saturated carbocycles. The molecule has 0 aromatic carbocycles. The summed E-state index contributed by atoms with van der Waals surface area (Å²) in [4.78, 5) is 15.3. The predicted octanol–water partition coefficient (Wildman–Crippen LogP) is 2.75. The number of aromatic nitrogens is 3. The van der Waals surface area contributed by atoms with Gasteiger partial charge in [-0.3, -0.25) is 0 Å². The largest absolute Gasteiger partial charge is 0.354 e. The van der Waals surface area contributed by atoms with Crippen LogP contribution in [0.15, 0.2) is 0 Å². The van der Waals surface area contributed by atoms with Crippen LogP contribution in [0.4, 0.5) is 17.8 Å². The molecule has 1 fully saturated rings. The maximum Gasteiger partial charge on any atom is 0.231 e. The first kappa shape index (κ1) is 15.8. The number of anilines is 3. The Bertz CT molecular complexity index is 428. The van der Waals surface area contributed by atoms with E-state index in [1.807, 2.05) is 19.0 Å². The van der Waals surface area contributed by atoms with Crippen molar-refractivity contribution in [2.45, 2.75) is 45.4 Å². The van der Waals surface area contributed by atoms with Crippen molar-refractivity contribution in [2.75, 3.05) is 42.7 Å². The number of hydrogen-bond donors (Lipinski definition) is 2. The Morgan fingerprint density at radius 3 is 2.29 bits per heavy atom. The van der Waals surface area contributed by atoms with Crippen molar-refractivity contribution in [3.8, 4) is 0 Å². The summed E-state index contributed by atoms with van der Waals surface area (Å²) in [5.74, 6) is 2.78. The first-order valence-corrected chi connectivity index (χ1v) is 8.10. The molecule has 1 aromatic rings. The highest BCUT2D eigenvalue weighted by molar-refractivity contribution is 5.42. The second-order valence-corrected chi connectivity index (χ2v) is 5.99. The lowest BCUT2D eigenvalue weighted by atomic mass is 9.89. The molecule has 1 aromatic heterocycles. The standard InChI is InChI=1S/C15H28N6/c1-4-10-16-13-18-14(20-15(19-13)21(2)3)17-11-12-8-6-5-7-9-12/h12H,4-11H2,1-3H3,(H2,16,17,18,19,20). The van der Waals surface area contributed by atoms with Gasteiger partial charge in [-0.25, -0.2) is 0 Å². The maximum atomic E-state index is 4.48. The van der Waals surface area contributed by atoms with Crippen LogP contribution in [0.1, 0.15) is 45.4 Å². The van der Waals surface area contributed by atoms with Gasteiger partial charge in [0.25, 0.3) is 0 Å². The molecule has 1 heterocycles. The number of nitrogens with zero attached hydrogens (tertiary/aromatic N) is 4. The molecule has 0 bridgehead atoms. The summed E-state index contributed by atoms with van der Waals surface area (Å²) in [5.41, 5.74) is 0. The Hall–Kier alpha value is -1.59. The van der Waals surface area contributed by atoms with Crippen LogP contribution < -0.4 is 15.5 Å². The quantitative estimate of drug-likeness (QED) is 0.805. The molecule has 1 aliphatic carbocycles. The predicted molar refractivity (Wildman–Crippen MR) is 88.0 cm³/mol. The summed E-state index contributed by atoms with van der Waals surface area (Å²) in [7, 11) is 3.90. The molecule has 6 heteroatoms. The summed E-state index contributed by atoms with van der Waals surface area (Å²) >= 11 is 0. The molecule has 0 radical (unpaired) electrons. The minimum atomic E-state index is 0.654. The third-order valence-corrected chi connectivity index (χ3v) is 3.83. The smallest absolute Gasteiger partial charge is 0.231 e. The molecule has 0 saturated heterocycles. The lowest BCUT2D eigenvalue weighted by molar-refractivity contribution is 0.373. The summed E-state index contributed by atoms with van der Waals surface area (Å²) in [6, 6.07) is 0. The Balaban J connectivity index is 2.00. The van der Waals surface area contributed by atoms with Crippen LogP contribution >= 0.6 is 0 Å².